The molecule has 1 amide bonds. The smallest absolute Gasteiger partial charge is 0.314 e. The Morgan fingerprint density at radius 1 is 1.38 bits per heavy atom. The predicted molar refractivity (Wildman–Crippen MR) is 89.8 cm³/mol. The van der Waals surface area contributed by atoms with Crippen molar-refractivity contribution < 1.29 is 19.8 Å². The van der Waals surface area contributed by atoms with Gasteiger partial charge in [-0.1, -0.05) is 25.5 Å². The lowest BCUT2D eigenvalue weighted by Crippen LogP contribution is -2.57. The van der Waals surface area contributed by atoms with E-state index in [2.05, 4.69) is 4.98 Å². The number of hydrogen-bond acceptors (Lipinski definition) is 3. The molecular formula is C18H22N2O4. The lowest BCUT2D eigenvalue weighted by molar-refractivity contribution is -0.162. The van der Waals surface area contributed by atoms with Crippen molar-refractivity contribution >= 4 is 22.8 Å². The second-order valence-electron chi connectivity index (χ2n) is 6.49. The highest BCUT2D eigenvalue weighted by atomic mass is 16.4. The Labute approximate surface area is 140 Å². The van der Waals surface area contributed by atoms with Gasteiger partial charge in [-0.3, -0.25) is 9.59 Å². The van der Waals surface area contributed by atoms with E-state index in [1.165, 1.54) is 0 Å². The quantitative estimate of drug-likeness (QED) is 0.801. The van der Waals surface area contributed by atoms with Gasteiger partial charge < -0.3 is 20.1 Å². The number of fused-ring (bicyclic) bond motifs is 1. The average Bonchev–Trinajstić information content (AvgIpc) is 3.04. The molecule has 1 saturated heterocycles. The Morgan fingerprint density at radius 2 is 2.17 bits per heavy atom. The van der Waals surface area contributed by atoms with Crippen LogP contribution in [0.2, 0.25) is 0 Å². The number of aliphatic carboxylic acids is 1. The molecule has 3 N–H and O–H groups in total. The number of carbonyl (C=O) groups is 2. The highest BCUT2D eigenvalue weighted by molar-refractivity contribution is 6.05. The lowest BCUT2D eigenvalue weighted by Gasteiger charge is -2.43. The zero-order valence-electron chi connectivity index (χ0n) is 13.7. The third-order valence-corrected chi connectivity index (χ3v) is 5.01. The van der Waals surface area contributed by atoms with E-state index in [-0.39, 0.29) is 18.9 Å². The van der Waals surface area contributed by atoms with E-state index in [9.17, 15) is 19.8 Å². The number of nitrogens with one attached hydrogen (secondary N) is 1. The van der Waals surface area contributed by atoms with Gasteiger partial charge in [0.05, 0.1) is 17.2 Å². The van der Waals surface area contributed by atoms with Gasteiger partial charge in [0.1, 0.15) is 5.41 Å². The number of para-hydroxylation sites is 1. The molecule has 128 valence electrons. The number of carbonyl (C=O) groups excluding carboxylic acids is 1. The van der Waals surface area contributed by atoms with Gasteiger partial charge in [0.2, 0.25) is 0 Å². The highest BCUT2D eigenvalue weighted by Gasteiger charge is 2.49. The fraction of sp³-hybridized carbons (Fsp3) is 0.444. The molecule has 2 aromatic rings. The van der Waals surface area contributed by atoms with E-state index in [1.54, 1.807) is 17.2 Å². The molecule has 24 heavy (non-hydrogen) atoms. The third kappa shape index (κ3) is 2.57. The van der Waals surface area contributed by atoms with Crippen molar-refractivity contribution in [3.63, 3.8) is 0 Å². The van der Waals surface area contributed by atoms with Crippen molar-refractivity contribution in [3.8, 4) is 0 Å². The van der Waals surface area contributed by atoms with E-state index < -0.39 is 17.5 Å². The van der Waals surface area contributed by atoms with Crippen LogP contribution in [0.5, 0.6) is 0 Å². The molecular weight excluding hydrogens is 308 g/mol. The first-order chi connectivity index (χ1) is 11.5. The van der Waals surface area contributed by atoms with Gasteiger partial charge >= 0.3 is 5.97 Å². The van der Waals surface area contributed by atoms with Crippen molar-refractivity contribution in [3.05, 3.63) is 36.0 Å². The van der Waals surface area contributed by atoms with Gasteiger partial charge in [0.15, 0.2) is 0 Å². The molecule has 0 unspecified atom stereocenters. The second kappa shape index (κ2) is 6.28. The van der Waals surface area contributed by atoms with E-state index >= 15 is 0 Å². The van der Waals surface area contributed by atoms with Gasteiger partial charge in [-0.25, -0.2) is 0 Å². The van der Waals surface area contributed by atoms with Gasteiger partial charge in [-0.15, -0.1) is 0 Å². The van der Waals surface area contributed by atoms with Crippen molar-refractivity contribution in [1.29, 1.82) is 0 Å². The minimum absolute atomic E-state index is 0.0350. The number of aliphatic hydroxyl groups excluding tert-OH is 1. The Hall–Kier alpha value is -2.34. The Morgan fingerprint density at radius 3 is 2.88 bits per heavy atom. The summed E-state index contributed by atoms with van der Waals surface area (Å²) in [5, 5.41) is 20.9. The van der Waals surface area contributed by atoms with E-state index in [0.29, 0.717) is 24.9 Å². The summed E-state index contributed by atoms with van der Waals surface area (Å²) in [6.07, 6.45) is 2.11. The number of amides is 1. The van der Waals surface area contributed by atoms with Crippen LogP contribution >= 0.6 is 0 Å². The van der Waals surface area contributed by atoms with Crippen LogP contribution in [-0.2, 0) is 4.79 Å². The number of rotatable bonds is 4. The second-order valence-corrected chi connectivity index (χ2v) is 6.49. The normalized spacial score (nSPS) is 24.2. The Bertz CT molecular complexity index is 769. The molecule has 2 atom stereocenters. The van der Waals surface area contributed by atoms with Crippen molar-refractivity contribution in [1.82, 2.24) is 9.88 Å². The number of aliphatic hydroxyl groups is 1. The van der Waals surface area contributed by atoms with Crippen LogP contribution in [0.15, 0.2) is 30.5 Å². The summed E-state index contributed by atoms with van der Waals surface area (Å²) >= 11 is 0. The SMILES string of the molecule is CCC[C@@]1(C(=O)O)CN(C(=O)c2cccc3cc[nH]c23)CC[C@H]1O. The summed E-state index contributed by atoms with van der Waals surface area (Å²) in [5.74, 6) is -1.23. The molecule has 0 aliphatic carbocycles. The molecule has 0 saturated carbocycles. The molecule has 6 nitrogen and oxygen atoms in total. The van der Waals surface area contributed by atoms with Crippen LogP contribution in [0.4, 0.5) is 0 Å². The number of likely N-dealkylation sites (tertiary alicyclic amines) is 1. The molecule has 1 aromatic carbocycles. The third-order valence-electron chi connectivity index (χ3n) is 5.01. The van der Waals surface area contributed by atoms with Gasteiger partial charge in [0.25, 0.3) is 5.91 Å². The van der Waals surface area contributed by atoms with Gasteiger partial charge in [0, 0.05) is 24.7 Å². The number of carboxylic acid groups (broad SMARTS) is 1. The summed E-state index contributed by atoms with van der Waals surface area (Å²) in [6, 6.07) is 7.37. The largest absolute Gasteiger partial charge is 0.481 e. The first-order valence-corrected chi connectivity index (χ1v) is 8.26. The number of piperidine rings is 1. The van der Waals surface area contributed by atoms with Crippen molar-refractivity contribution in [2.24, 2.45) is 5.41 Å². The maximum absolute atomic E-state index is 13.0. The monoisotopic (exact) mass is 330 g/mol. The minimum atomic E-state index is -1.29. The molecule has 1 fully saturated rings. The number of nitrogens with zero attached hydrogens (tertiary/aromatic N) is 1. The number of carboxylic acids is 1. The summed E-state index contributed by atoms with van der Waals surface area (Å²) in [7, 11) is 0. The van der Waals surface area contributed by atoms with E-state index in [0.717, 1.165) is 10.9 Å². The minimum Gasteiger partial charge on any atom is -0.481 e. The van der Waals surface area contributed by atoms with E-state index in [1.807, 2.05) is 25.1 Å². The van der Waals surface area contributed by atoms with Crippen LogP contribution in [0, 0.1) is 5.41 Å². The number of aromatic amines is 1. The summed E-state index contributed by atoms with van der Waals surface area (Å²) in [5.41, 5.74) is 0.00135. The fourth-order valence-corrected chi connectivity index (χ4v) is 3.70. The molecule has 3 rings (SSSR count). The van der Waals surface area contributed by atoms with Crippen LogP contribution in [0.1, 0.15) is 36.5 Å². The number of aromatic nitrogens is 1. The Kier molecular flexibility index (Phi) is 4.32. The topological polar surface area (TPSA) is 93.6 Å². The number of H-pyrrole nitrogens is 1. The average molecular weight is 330 g/mol. The molecule has 1 aliphatic heterocycles. The molecule has 2 heterocycles. The maximum Gasteiger partial charge on any atom is 0.314 e. The molecule has 0 radical (unpaired) electrons. The molecule has 1 aromatic heterocycles. The number of benzene rings is 1. The Balaban J connectivity index is 1.93. The van der Waals surface area contributed by atoms with Crippen LogP contribution < -0.4 is 0 Å². The standard InChI is InChI=1S/C18H22N2O4/c1-2-8-18(17(23)24)11-20(10-7-14(18)21)16(22)13-5-3-4-12-6-9-19-15(12)13/h3-6,9,14,19,21H,2,7-8,10-11H2,1H3,(H,23,24)/t14-,18-/m1/s1. The summed E-state index contributed by atoms with van der Waals surface area (Å²) < 4.78 is 0. The van der Waals surface area contributed by atoms with Gasteiger partial charge in [-0.05, 0) is 25.0 Å². The first-order valence-electron chi connectivity index (χ1n) is 8.26. The zero-order chi connectivity index (χ0) is 17.3. The molecule has 1 aliphatic rings. The zero-order valence-corrected chi connectivity index (χ0v) is 13.7. The van der Waals surface area contributed by atoms with Crippen molar-refractivity contribution in [2.45, 2.75) is 32.3 Å². The molecule has 0 bridgehead atoms. The van der Waals surface area contributed by atoms with E-state index in [4.69, 9.17) is 0 Å². The van der Waals surface area contributed by atoms with Crippen LogP contribution in [0.3, 0.4) is 0 Å². The fourth-order valence-electron chi connectivity index (χ4n) is 3.70. The van der Waals surface area contributed by atoms with Crippen LogP contribution in [-0.4, -0.2) is 51.2 Å². The predicted octanol–water partition coefficient (Wildman–Crippen LogP) is 2.25. The van der Waals surface area contributed by atoms with Gasteiger partial charge in [-0.2, -0.15) is 0 Å². The summed E-state index contributed by atoms with van der Waals surface area (Å²) in [4.78, 5) is 29.4. The maximum atomic E-state index is 13.0. The van der Waals surface area contributed by atoms with Crippen molar-refractivity contribution in [2.75, 3.05) is 13.1 Å². The van der Waals surface area contributed by atoms with Crippen LogP contribution in [0.25, 0.3) is 10.9 Å². The lowest BCUT2D eigenvalue weighted by atomic mass is 9.74. The molecule has 0 spiro atoms. The highest BCUT2D eigenvalue weighted by Crippen LogP contribution is 2.36. The summed E-state index contributed by atoms with van der Waals surface area (Å²) in [6.45, 7) is 2.28. The number of hydrogen-bond donors (Lipinski definition) is 3. The molecule has 6 heteroatoms. The first kappa shape index (κ1) is 16.5.